The molecule has 0 saturated heterocycles. The predicted octanol–water partition coefficient (Wildman–Crippen LogP) is 2.53. The van der Waals surface area contributed by atoms with E-state index in [1.807, 2.05) is 11.8 Å². The van der Waals surface area contributed by atoms with E-state index < -0.39 is 0 Å². The Bertz CT molecular complexity index is 150. The molecule has 0 amide bonds. The van der Waals surface area contributed by atoms with Crippen LogP contribution in [0.3, 0.4) is 0 Å². The van der Waals surface area contributed by atoms with Gasteiger partial charge in [0.15, 0.2) is 0 Å². The highest BCUT2D eigenvalue weighted by Crippen LogP contribution is 2.15. The van der Waals surface area contributed by atoms with Gasteiger partial charge in [0.25, 0.3) is 0 Å². The Morgan fingerprint density at radius 2 is 1.93 bits per heavy atom. The van der Waals surface area contributed by atoms with Crippen molar-refractivity contribution < 1.29 is 4.74 Å². The highest BCUT2D eigenvalue weighted by Gasteiger charge is 2.19. The van der Waals surface area contributed by atoms with Crippen molar-refractivity contribution in [3.63, 3.8) is 0 Å². The SMILES string of the molecule is COC(C)(C)CC(C)NCC(C)SC. The van der Waals surface area contributed by atoms with Crippen molar-refractivity contribution in [1.82, 2.24) is 5.32 Å². The molecular weight excluding hydrogens is 194 g/mol. The van der Waals surface area contributed by atoms with Crippen molar-refractivity contribution >= 4 is 11.8 Å². The van der Waals surface area contributed by atoms with Gasteiger partial charge in [0.05, 0.1) is 5.60 Å². The van der Waals surface area contributed by atoms with Gasteiger partial charge in [-0.05, 0) is 33.4 Å². The molecule has 2 unspecified atom stereocenters. The number of hydrogen-bond donors (Lipinski definition) is 1. The van der Waals surface area contributed by atoms with Crippen LogP contribution in [0.2, 0.25) is 0 Å². The van der Waals surface area contributed by atoms with E-state index in [1.165, 1.54) is 0 Å². The average molecular weight is 219 g/mol. The summed E-state index contributed by atoms with van der Waals surface area (Å²) in [6, 6.07) is 0.513. The molecule has 2 nitrogen and oxygen atoms in total. The van der Waals surface area contributed by atoms with Crippen molar-refractivity contribution in [2.45, 2.75) is 51.0 Å². The minimum atomic E-state index is -0.0188. The number of hydrogen-bond acceptors (Lipinski definition) is 3. The van der Waals surface area contributed by atoms with Gasteiger partial charge in [-0.25, -0.2) is 0 Å². The Morgan fingerprint density at radius 3 is 2.36 bits per heavy atom. The highest BCUT2D eigenvalue weighted by molar-refractivity contribution is 7.99. The molecule has 0 aliphatic rings. The van der Waals surface area contributed by atoms with Crippen LogP contribution in [0.25, 0.3) is 0 Å². The van der Waals surface area contributed by atoms with Crippen LogP contribution >= 0.6 is 11.8 Å². The first-order chi connectivity index (χ1) is 6.41. The molecule has 0 aromatic rings. The molecule has 0 aromatic heterocycles. The molecule has 0 bridgehead atoms. The van der Waals surface area contributed by atoms with Crippen LogP contribution in [-0.4, -0.2) is 36.8 Å². The summed E-state index contributed by atoms with van der Waals surface area (Å²) in [4.78, 5) is 0. The maximum atomic E-state index is 5.40. The molecule has 0 spiro atoms. The second kappa shape index (κ2) is 6.70. The molecule has 3 heteroatoms. The molecular formula is C11H25NOS. The third-order valence-electron chi connectivity index (χ3n) is 2.51. The summed E-state index contributed by atoms with van der Waals surface area (Å²) in [5.41, 5.74) is -0.0188. The van der Waals surface area contributed by atoms with E-state index in [0.717, 1.165) is 13.0 Å². The molecule has 0 fully saturated rings. The monoisotopic (exact) mass is 219 g/mol. The molecule has 1 N–H and O–H groups in total. The van der Waals surface area contributed by atoms with Gasteiger partial charge in [-0.15, -0.1) is 0 Å². The summed E-state index contributed by atoms with van der Waals surface area (Å²) >= 11 is 1.90. The Labute approximate surface area is 93.2 Å². The minimum Gasteiger partial charge on any atom is -0.379 e. The minimum absolute atomic E-state index is 0.0188. The smallest absolute Gasteiger partial charge is 0.0637 e. The largest absolute Gasteiger partial charge is 0.379 e. The maximum absolute atomic E-state index is 5.40. The van der Waals surface area contributed by atoms with Gasteiger partial charge in [-0.1, -0.05) is 6.92 Å². The fraction of sp³-hybridized carbons (Fsp3) is 1.00. The number of rotatable bonds is 7. The van der Waals surface area contributed by atoms with E-state index in [-0.39, 0.29) is 5.60 Å². The van der Waals surface area contributed by atoms with E-state index >= 15 is 0 Å². The van der Waals surface area contributed by atoms with Gasteiger partial charge >= 0.3 is 0 Å². The molecule has 0 aliphatic heterocycles. The number of thioether (sulfide) groups is 1. The lowest BCUT2D eigenvalue weighted by Gasteiger charge is -2.27. The van der Waals surface area contributed by atoms with Crippen molar-refractivity contribution in [3.8, 4) is 0 Å². The zero-order chi connectivity index (χ0) is 11.2. The molecule has 0 rings (SSSR count). The van der Waals surface area contributed by atoms with Crippen molar-refractivity contribution in [1.29, 1.82) is 0 Å². The first-order valence-corrected chi connectivity index (χ1v) is 6.51. The van der Waals surface area contributed by atoms with Crippen LogP contribution in [0.4, 0.5) is 0 Å². The fourth-order valence-electron chi connectivity index (χ4n) is 1.34. The van der Waals surface area contributed by atoms with Crippen LogP contribution in [0.1, 0.15) is 34.1 Å². The van der Waals surface area contributed by atoms with E-state index in [2.05, 4.69) is 39.3 Å². The predicted molar refractivity (Wildman–Crippen MR) is 66.1 cm³/mol. The quantitative estimate of drug-likeness (QED) is 0.711. The zero-order valence-electron chi connectivity index (χ0n) is 10.4. The summed E-state index contributed by atoms with van der Waals surface area (Å²) in [5, 5.41) is 4.21. The lowest BCUT2D eigenvalue weighted by Crippen LogP contribution is -2.38. The number of ether oxygens (including phenoxy) is 1. The lowest BCUT2D eigenvalue weighted by molar-refractivity contribution is 0.00865. The Balaban J connectivity index is 3.70. The van der Waals surface area contributed by atoms with Crippen LogP contribution in [0, 0.1) is 0 Å². The Kier molecular flexibility index (Phi) is 6.83. The fourth-order valence-corrected chi connectivity index (χ4v) is 1.61. The summed E-state index contributed by atoms with van der Waals surface area (Å²) < 4.78 is 5.40. The lowest BCUT2D eigenvalue weighted by atomic mass is 10.00. The third-order valence-corrected chi connectivity index (χ3v) is 3.48. The molecule has 0 radical (unpaired) electrons. The number of nitrogens with one attached hydrogen (secondary N) is 1. The van der Waals surface area contributed by atoms with Gasteiger partial charge in [0.2, 0.25) is 0 Å². The second-order valence-corrected chi connectivity index (χ2v) is 5.80. The van der Waals surface area contributed by atoms with E-state index in [0.29, 0.717) is 11.3 Å². The van der Waals surface area contributed by atoms with Crippen molar-refractivity contribution in [2.75, 3.05) is 19.9 Å². The summed E-state index contributed by atoms with van der Waals surface area (Å²) in [7, 11) is 1.78. The van der Waals surface area contributed by atoms with Crippen molar-refractivity contribution in [3.05, 3.63) is 0 Å². The summed E-state index contributed by atoms with van der Waals surface area (Å²) in [6.07, 6.45) is 3.20. The van der Waals surface area contributed by atoms with Gasteiger partial charge in [0, 0.05) is 24.9 Å². The van der Waals surface area contributed by atoms with Gasteiger partial charge in [0.1, 0.15) is 0 Å². The van der Waals surface area contributed by atoms with E-state index in [4.69, 9.17) is 4.74 Å². The summed E-state index contributed by atoms with van der Waals surface area (Å²) in [6.45, 7) is 9.79. The zero-order valence-corrected chi connectivity index (χ0v) is 11.2. The van der Waals surface area contributed by atoms with Crippen LogP contribution < -0.4 is 5.32 Å². The standard InChI is InChI=1S/C11H25NOS/c1-9(7-11(3,4)13-5)12-8-10(2)14-6/h9-10,12H,7-8H2,1-6H3. The summed E-state index contributed by atoms with van der Waals surface area (Å²) in [5.74, 6) is 0. The topological polar surface area (TPSA) is 21.3 Å². The van der Waals surface area contributed by atoms with Crippen LogP contribution in [-0.2, 0) is 4.74 Å². The molecule has 14 heavy (non-hydrogen) atoms. The highest BCUT2D eigenvalue weighted by atomic mass is 32.2. The van der Waals surface area contributed by atoms with E-state index in [1.54, 1.807) is 7.11 Å². The molecule has 0 aromatic carbocycles. The third kappa shape index (κ3) is 6.68. The molecule has 0 aliphatic carbocycles. The first kappa shape index (κ1) is 14.3. The van der Waals surface area contributed by atoms with Gasteiger partial charge < -0.3 is 10.1 Å². The normalized spacial score (nSPS) is 16.7. The molecule has 0 heterocycles. The van der Waals surface area contributed by atoms with Gasteiger partial charge in [-0.2, -0.15) is 11.8 Å². The van der Waals surface area contributed by atoms with Crippen LogP contribution in [0.5, 0.6) is 0 Å². The van der Waals surface area contributed by atoms with Crippen molar-refractivity contribution in [2.24, 2.45) is 0 Å². The maximum Gasteiger partial charge on any atom is 0.0637 e. The van der Waals surface area contributed by atoms with Gasteiger partial charge in [-0.3, -0.25) is 0 Å². The van der Waals surface area contributed by atoms with E-state index in [9.17, 15) is 0 Å². The first-order valence-electron chi connectivity index (χ1n) is 5.22. The molecule has 2 atom stereocenters. The average Bonchev–Trinajstić information content (AvgIpc) is 2.13. The Hall–Kier alpha value is 0.270. The molecule has 0 saturated carbocycles. The van der Waals surface area contributed by atoms with Crippen LogP contribution in [0.15, 0.2) is 0 Å². The molecule has 86 valence electrons. The Morgan fingerprint density at radius 1 is 1.36 bits per heavy atom. The number of methoxy groups -OCH3 is 1. The second-order valence-electron chi connectivity index (χ2n) is 4.52.